The van der Waals surface area contributed by atoms with Crippen LogP contribution in [0.5, 0.6) is 0 Å². The van der Waals surface area contributed by atoms with Crippen LogP contribution in [0.25, 0.3) is 6.08 Å². The van der Waals surface area contributed by atoms with Crippen molar-refractivity contribution in [1.82, 2.24) is 19.8 Å². The molecule has 14 nitrogen and oxygen atoms in total. The van der Waals surface area contributed by atoms with Crippen LogP contribution in [0.15, 0.2) is 55.1 Å². The number of benzene rings is 1. The Morgan fingerprint density at radius 2 is 1.42 bits per heavy atom. The van der Waals surface area contributed by atoms with Crippen molar-refractivity contribution in [1.29, 1.82) is 0 Å². The summed E-state index contributed by atoms with van der Waals surface area (Å²) in [6.45, 7) is 23.4. The maximum absolute atomic E-state index is 14.6. The van der Waals surface area contributed by atoms with Gasteiger partial charge >= 0.3 is 24.2 Å². The highest BCUT2D eigenvalue weighted by Gasteiger charge is 2.70. The van der Waals surface area contributed by atoms with E-state index in [4.69, 9.17) is 18.9 Å². The lowest BCUT2D eigenvalue weighted by Crippen LogP contribution is -2.60. The monoisotopic (exact) mass is 721 g/mol. The highest BCUT2D eigenvalue weighted by molar-refractivity contribution is 6.01. The van der Waals surface area contributed by atoms with Crippen molar-refractivity contribution in [3.05, 3.63) is 66.4 Å². The lowest BCUT2D eigenvalue weighted by atomic mass is 9.60. The fraction of sp³-hybridized carbons (Fsp3) is 0.526. The van der Waals surface area contributed by atoms with Gasteiger partial charge in [-0.2, -0.15) is 0 Å². The summed E-state index contributed by atoms with van der Waals surface area (Å²) in [6.07, 6.45) is 2.12. The number of amides is 3. The molecule has 1 N–H and O–H groups in total. The van der Waals surface area contributed by atoms with Crippen LogP contribution in [-0.4, -0.2) is 80.7 Å². The molecule has 0 spiro atoms. The molecule has 4 rings (SSSR count). The topological polar surface area (TPSA) is 159 Å². The van der Waals surface area contributed by atoms with Gasteiger partial charge in [-0.15, -0.1) is 6.58 Å². The van der Waals surface area contributed by atoms with E-state index in [1.54, 1.807) is 80.5 Å². The fourth-order valence-electron chi connectivity index (χ4n) is 6.55. The van der Waals surface area contributed by atoms with E-state index in [9.17, 15) is 24.0 Å². The van der Waals surface area contributed by atoms with E-state index in [0.29, 0.717) is 11.3 Å². The first-order valence-corrected chi connectivity index (χ1v) is 17.0. The van der Waals surface area contributed by atoms with Gasteiger partial charge in [0, 0.05) is 11.6 Å². The quantitative estimate of drug-likeness (QED) is 0.150. The van der Waals surface area contributed by atoms with Crippen molar-refractivity contribution in [2.45, 2.75) is 117 Å². The van der Waals surface area contributed by atoms with Crippen LogP contribution in [0, 0.1) is 5.41 Å². The number of nitrogens with zero attached hydrogens (tertiary/aromatic N) is 4. The van der Waals surface area contributed by atoms with Crippen LogP contribution >= 0.6 is 0 Å². The summed E-state index contributed by atoms with van der Waals surface area (Å²) in [5.41, 5.74) is -3.55. The van der Waals surface area contributed by atoms with Crippen LogP contribution < -0.4 is 10.2 Å². The maximum atomic E-state index is 14.6. The number of rotatable bonds is 6. The normalized spacial score (nSPS) is 20.4. The van der Waals surface area contributed by atoms with E-state index in [1.807, 2.05) is 26.0 Å². The Morgan fingerprint density at radius 3 is 1.98 bits per heavy atom. The molecule has 52 heavy (non-hydrogen) atoms. The molecule has 3 amide bonds. The summed E-state index contributed by atoms with van der Waals surface area (Å²) in [5.74, 6) is -1.67. The molecule has 0 aliphatic carbocycles. The number of hydrogen-bond donors (Lipinski definition) is 1. The van der Waals surface area contributed by atoms with Crippen LogP contribution in [0.1, 0.15) is 93.8 Å². The molecule has 1 saturated heterocycles. The predicted molar refractivity (Wildman–Crippen MR) is 193 cm³/mol. The average molecular weight is 722 g/mol. The van der Waals surface area contributed by atoms with Gasteiger partial charge in [0.05, 0.1) is 18.5 Å². The Hall–Kier alpha value is -5.14. The van der Waals surface area contributed by atoms with Gasteiger partial charge in [-0.05, 0) is 91.9 Å². The van der Waals surface area contributed by atoms with Gasteiger partial charge in [-0.25, -0.2) is 28.7 Å². The van der Waals surface area contributed by atoms with Crippen molar-refractivity contribution in [3.63, 3.8) is 0 Å². The minimum absolute atomic E-state index is 0.000201. The third-order valence-electron chi connectivity index (χ3n) is 8.76. The second kappa shape index (κ2) is 13.8. The number of para-hydroxylation sites is 1. The van der Waals surface area contributed by atoms with E-state index >= 15 is 0 Å². The number of likely N-dealkylation sites (tertiary alicyclic amines) is 1. The number of anilines is 1. The van der Waals surface area contributed by atoms with Crippen molar-refractivity contribution >= 4 is 41.9 Å². The summed E-state index contributed by atoms with van der Waals surface area (Å²) >= 11 is 0. The smallest absolute Gasteiger partial charge is 0.419 e. The zero-order valence-corrected chi connectivity index (χ0v) is 32.2. The summed E-state index contributed by atoms with van der Waals surface area (Å²) in [4.78, 5) is 75.6. The molecule has 2 aromatic rings. The number of ether oxygens (including phenoxy) is 4. The van der Waals surface area contributed by atoms with Gasteiger partial charge in [0.1, 0.15) is 41.0 Å². The van der Waals surface area contributed by atoms with Crippen LogP contribution in [-0.2, 0) is 34.0 Å². The SMILES string of the molecule is C=CC(C)(C)[C@@]12C[C@@H](C(=O)N/C(=C/c3cn(C(=O)OC(C)(C)C)cn3)C(=O)OC)N(C(=O)OC(C)(C)C)[C@@H]1N(C(=O)OC(C)(C)C)c1ccccc12. The first kappa shape index (κ1) is 39.6. The first-order valence-electron chi connectivity index (χ1n) is 17.0. The number of fused-ring (bicyclic) bond motifs is 3. The molecule has 0 bridgehead atoms. The van der Waals surface area contributed by atoms with Crippen LogP contribution in [0.4, 0.5) is 20.1 Å². The zero-order chi connectivity index (χ0) is 39.2. The molecule has 2 aliphatic rings. The zero-order valence-electron chi connectivity index (χ0n) is 32.2. The number of hydrogen-bond acceptors (Lipinski definition) is 10. The van der Waals surface area contributed by atoms with Crippen LogP contribution in [0.2, 0.25) is 0 Å². The van der Waals surface area contributed by atoms with Crippen LogP contribution in [0.3, 0.4) is 0 Å². The average Bonchev–Trinajstić information content (AvgIpc) is 3.69. The molecular formula is C38H51N5O9. The Bertz CT molecular complexity index is 1790. The number of esters is 1. The molecule has 1 aromatic carbocycles. The molecule has 282 valence electrons. The number of carbonyl (C=O) groups excluding carboxylic acids is 5. The summed E-state index contributed by atoms with van der Waals surface area (Å²) in [7, 11) is 1.14. The molecule has 0 unspecified atom stereocenters. The summed E-state index contributed by atoms with van der Waals surface area (Å²) < 4.78 is 23.2. The molecule has 3 heterocycles. The lowest BCUT2D eigenvalue weighted by Gasteiger charge is -2.45. The highest BCUT2D eigenvalue weighted by atomic mass is 16.6. The van der Waals surface area contributed by atoms with Crippen molar-refractivity contribution in [2.24, 2.45) is 5.41 Å². The Balaban J connectivity index is 1.87. The molecule has 1 aromatic heterocycles. The van der Waals surface area contributed by atoms with E-state index in [-0.39, 0.29) is 17.8 Å². The number of imidazole rings is 1. The van der Waals surface area contributed by atoms with E-state index in [0.717, 1.165) is 11.7 Å². The summed E-state index contributed by atoms with van der Waals surface area (Å²) in [6, 6.07) is 5.96. The summed E-state index contributed by atoms with van der Waals surface area (Å²) in [5, 5.41) is 2.64. The molecular weight excluding hydrogens is 670 g/mol. The third kappa shape index (κ3) is 7.85. The Kier molecular flexibility index (Phi) is 10.5. The fourth-order valence-corrected chi connectivity index (χ4v) is 6.55. The van der Waals surface area contributed by atoms with Gasteiger partial charge in [-0.1, -0.05) is 38.1 Å². The van der Waals surface area contributed by atoms with E-state index in [2.05, 4.69) is 16.9 Å². The lowest BCUT2D eigenvalue weighted by molar-refractivity contribution is -0.138. The second-order valence-corrected chi connectivity index (χ2v) is 16.5. The third-order valence-corrected chi connectivity index (χ3v) is 8.76. The van der Waals surface area contributed by atoms with Gasteiger partial charge in [0.25, 0.3) is 0 Å². The predicted octanol–water partition coefficient (Wildman–Crippen LogP) is 6.54. The van der Waals surface area contributed by atoms with Crippen molar-refractivity contribution in [2.75, 3.05) is 12.0 Å². The minimum atomic E-state index is -1.29. The number of allylic oxidation sites excluding steroid dienone is 1. The first-order chi connectivity index (χ1) is 23.9. The number of aromatic nitrogens is 2. The highest BCUT2D eigenvalue weighted by Crippen LogP contribution is 2.62. The number of carbonyl (C=O) groups is 5. The van der Waals surface area contributed by atoms with E-state index in [1.165, 1.54) is 28.4 Å². The largest absolute Gasteiger partial charge is 0.464 e. The van der Waals surface area contributed by atoms with Gasteiger partial charge in [0.2, 0.25) is 5.91 Å². The molecule has 0 saturated carbocycles. The maximum Gasteiger partial charge on any atom is 0.419 e. The number of methoxy groups -OCH3 is 1. The molecule has 1 fully saturated rings. The molecule has 2 aliphatic heterocycles. The minimum Gasteiger partial charge on any atom is -0.464 e. The van der Waals surface area contributed by atoms with Crippen molar-refractivity contribution in [3.8, 4) is 0 Å². The van der Waals surface area contributed by atoms with Gasteiger partial charge < -0.3 is 24.3 Å². The van der Waals surface area contributed by atoms with E-state index < -0.39 is 70.0 Å². The Labute approximate surface area is 305 Å². The van der Waals surface area contributed by atoms with Crippen molar-refractivity contribution < 1.29 is 42.9 Å². The molecule has 3 atom stereocenters. The van der Waals surface area contributed by atoms with Gasteiger partial charge in [-0.3, -0.25) is 14.6 Å². The standard InChI is InChI=1S/C38H51N5O9/c1-14-37(11,12)38-20-27(28(44)40-25(29(45)49-13)19-23-21-41(22-39-23)31(46)50-34(2,3)4)43(33(48)52-36(8,9)10)30(38)42(32(47)51-35(5,6)7)26-18-16-15-17-24(26)38/h14-19,21-22,27,30H,1,20H2,2-13H3,(H,40,44)/b25-19+/t27-,30-,38+/m0/s1. The molecule has 14 heteroatoms. The second-order valence-electron chi connectivity index (χ2n) is 16.5. The molecule has 0 radical (unpaired) electrons. The Morgan fingerprint density at radius 1 is 0.865 bits per heavy atom. The van der Waals surface area contributed by atoms with Gasteiger partial charge in [0.15, 0.2) is 0 Å². The number of nitrogens with one attached hydrogen (secondary N) is 1.